The molecule has 3 aliphatic rings. The van der Waals surface area contributed by atoms with E-state index >= 15 is 0 Å². The zero-order valence-corrected chi connectivity index (χ0v) is 11.2. The molecule has 0 bridgehead atoms. The second-order valence-corrected chi connectivity index (χ2v) is 6.39. The maximum absolute atomic E-state index is 3.54. The number of aryl methyl sites for hydroxylation is 2. The van der Waals surface area contributed by atoms with E-state index in [0.717, 1.165) is 11.8 Å². The predicted molar refractivity (Wildman–Crippen MR) is 73.7 cm³/mol. The van der Waals surface area contributed by atoms with Crippen molar-refractivity contribution >= 4 is 0 Å². The molecule has 0 amide bonds. The summed E-state index contributed by atoms with van der Waals surface area (Å²) in [5, 5.41) is 3.54. The van der Waals surface area contributed by atoms with E-state index in [2.05, 4.69) is 35.3 Å². The van der Waals surface area contributed by atoms with Crippen molar-refractivity contribution in [2.45, 2.75) is 25.8 Å². The van der Waals surface area contributed by atoms with E-state index in [1.807, 2.05) is 0 Å². The van der Waals surface area contributed by atoms with Gasteiger partial charge in [0.2, 0.25) is 0 Å². The van der Waals surface area contributed by atoms with Crippen LogP contribution >= 0.6 is 0 Å². The molecule has 0 spiro atoms. The van der Waals surface area contributed by atoms with E-state index in [1.54, 1.807) is 11.1 Å². The van der Waals surface area contributed by atoms with Crippen molar-refractivity contribution in [1.82, 2.24) is 10.2 Å². The Kier molecular flexibility index (Phi) is 2.49. The highest BCUT2D eigenvalue weighted by molar-refractivity contribution is 5.37. The third kappa shape index (κ3) is 1.63. The van der Waals surface area contributed by atoms with Crippen LogP contribution in [0.5, 0.6) is 0 Å². The molecular weight excluding hydrogens is 220 g/mol. The molecule has 2 fully saturated rings. The Morgan fingerprint density at radius 1 is 1.17 bits per heavy atom. The van der Waals surface area contributed by atoms with Crippen LogP contribution in [0.2, 0.25) is 0 Å². The summed E-state index contributed by atoms with van der Waals surface area (Å²) in [5.41, 5.74) is 4.64. The zero-order valence-electron chi connectivity index (χ0n) is 11.2. The van der Waals surface area contributed by atoms with Crippen molar-refractivity contribution in [1.29, 1.82) is 0 Å². The van der Waals surface area contributed by atoms with Crippen LogP contribution < -0.4 is 5.32 Å². The quantitative estimate of drug-likeness (QED) is 0.811. The topological polar surface area (TPSA) is 15.3 Å². The van der Waals surface area contributed by atoms with E-state index in [0.29, 0.717) is 6.04 Å². The Morgan fingerprint density at radius 2 is 1.94 bits per heavy atom. The van der Waals surface area contributed by atoms with E-state index < -0.39 is 0 Å². The van der Waals surface area contributed by atoms with Crippen LogP contribution in [0.15, 0.2) is 18.2 Å². The lowest BCUT2D eigenvalue weighted by atomic mass is 10.0. The number of nitrogens with one attached hydrogen (secondary N) is 1. The Morgan fingerprint density at radius 3 is 2.72 bits per heavy atom. The molecule has 2 heterocycles. The fourth-order valence-electron chi connectivity index (χ4n) is 4.23. The summed E-state index contributed by atoms with van der Waals surface area (Å²) in [6.07, 6.45) is 2.62. The summed E-state index contributed by atoms with van der Waals surface area (Å²) in [6.45, 7) is 7.34. The molecule has 3 atom stereocenters. The zero-order chi connectivity index (χ0) is 12.1. The van der Waals surface area contributed by atoms with Crippen molar-refractivity contribution in [3.8, 4) is 0 Å². The van der Waals surface area contributed by atoms with Gasteiger partial charge >= 0.3 is 0 Å². The first-order valence-corrected chi connectivity index (χ1v) is 7.35. The highest BCUT2D eigenvalue weighted by Gasteiger charge is 2.40. The van der Waals surface area contributed by atoms with Crippen LogP contribution in [0.4, 0.5) is 0 Å². The van der Waals surface area contributed by atoms with E-state index in [9.17, 15) is 0 Å². The molecule has 1 aromatic rings. The van der Waals surface area contributed by atoms with Gasteiger partial charge in [-0.1, -0.05) is 23.8 Å². The summed E-state index contributed by atoms with van der Waals surface area (Å²) in [4.78, 5) is 2.77. The van der Waals surface area contributed by atoms with Crippen LogP contribution in [0.25, 0.3) is 0 Å². The van der Waals surface area contributed by atoms with Gasteiger partial charge < -0.3 is 5.32 Å². The maximum atomic E-state index is 3.54. The Bertz CT molecular complexity index is 456. The molecule has 96 valence electrons. The van der Waals surface area contributed by atoms with Crippen LogP contribution in [0.3, 0.4) is 0 Å². The van der Waals surface area contributed by atoms with E-state index in [4.69, 9.17) is 0 Å². The monoisotopic (exact) mass is 242 g/mol. The molecule has 1 aromatic carbocycles. The lowest BCUT2D eigenvalue weighted by Gasteiger charge is -2.26. The van der Waals surface area contributed by atoms with Gasteiger partial charge in [-0.2, -0.15) is 0 Å². The summed E-state index contributed by atoms with van der Waals surface area (Å²) in [5.74, 6) is 1.83. The molecular formula is C16H22N2. The first kappa shape index (κ1) is 11.0. The average Bonchev–Trinajstić information content (AvgIpc) is 2.99. The second-order valence-electron chi connectivity index (χ2n) is 6.39. The number of likely N-dealkylation sites (tertiary alicyclic amines) is 1. The standard InChI is InChI=1S/C16H22N2/c1-11-2-3-12-4-5-16(15(12)6-11)18-9-13-7-17-8-14(13)10-18/h2-3,6,13-14,16-17H,4-5,7-10H2,1H3/t13-,14+,16?. The van der Waals surface area contributed by atoms with Crippen LogP contribution in [0, 0.1) is 18.8 Å². The van der Waals surface area contributed by atoms with Gasteiger partial charge in [0.05, 0.1) is 0 Å². The van der Waals surface area contributed by atoms with Gasteiger partial charge in [0.25, 0.3) is 0 Å². The number of nitrogens with zero attached hydrogens (tertiary/aromatic N) is 1. The Labute approximate surface area is 109 Å². The van der Waals surface area contributed by atoms with Gasteiger partial charge in [0, 0.05) is 19.1 Å². The first-order valence-electron chi connectivity index (χ1n) is 7.35. The number of benzene rings is 1. The number of hydrogen-bond donors (Lipinski definition) is 1. The van der Waals surface area contributed by atoms with Gasteiger partial charge in [0.15, 0.2) is 0 Å². The molecule has 2 saturated heterocycles. The lowest BCUT2D eigenvalue weighted by molar-refractivity contribution is 0.228. The molecule has 4 rings (SSSR count). The third-order valence-electron chi connectivity index (χ3n) is 5.21. The molecule has 2 nitrogen and oxygen atoms in total. The number of hydrogen-bond acceptors (Lipinski definition) is 2. The molecule has 0 radical (unpaired) electrons. The minimum Gasteiger partial charge on any atom is -0.316 e. The molecule has 0 saturated carbocycles. The van der Waals surface area contributed by atoms with Crippen LogP contribution in [0.1, 0.15) is 29.2 Å². The minimum absolute atomic E-state index is 0.713. The van der Waals surface area contributed by atoms with E-state index in [1.165, 1.54) is 44.6 Å². The van der Waals surface area contributed by atoms with Gasteiger partial charge in [-0.05, 0) is 55.8 Å². The molecule has 1 N–H and O–H groups in total. The highest BCUT2D eigenvalue weighted by atomic mass is 15.2. The van der Waals surface area contributed by atoms with Gasteiger partial charge in [-0.3, -0.25) is 4.90 Å². The highest BCUT2D eigenvalue weighted by Crippen LogP contribution is 2.40. The smallest absolute Gasteiger partial charge is 0.0354 e. The largest absolute Gasteiger partial charge is 0.316 e. The number of rotatable bonds is 1. The molecule has 2 heteroatoms. The van der Waals surface area contributed by atoms with Gasteiger partial charge in [-0.15, -0.1) is 0 Å². The molecule has 1 aliphatic carbocycles. The molecule has 1 unspecified atom stereocenters. The third-order valence-corrected chi connectivity index (χ3v) is 5.21. The predicted octanol–water partition coefficient (Wildman–Crippen LogP) is 2.13. The van der Waals surface area contributed by atoms with Crippen molar-refractivity contribution in [2.24, 2.45) is 11.8 Å². The second kappa shape index (κ2) is 4.07. The fourth-order valence-corrected chi connectivity index (χ4v) is 4.23. The summed E-state index contributed by atoms with van der Waals surface area (Å²) in [6, 6.07) is 7.76. The summed E-state index contributed by atoms with van der Waals surface area (Å²) < 4.78 is 0. The first-order chi connectivity index (χ1) is 8.81. The van der Waals surface area contributed by atoms with Gasteiger partial charge in [0.1, 0.15) is 0 Å². The normalized spacial score (nSPS) is 34.8. The molecule has 2 aliphatic heterocycles. The van der Waals surface area contributed by atoms with Gasteiger partial charge in [-0.25, -0.2) is 0 Å². The van der Waals surface area contributed by atoms with E-state index in [-0.39, 0.29) is 0 Å². The summed E-state index contributed by atoms with van der Waals surface area (Å²) >= 11 is 0. The van der Waals surface area contributed by atoms with Crippen molar-refractivity contribution in [2.75, 3.05) is 26.2 Å². The average molecular weight is 242 g/mol. The van der Waals surface area contributed by atoms with Crippen molar-refractivity contribution < 1.29 is 0 Å². The number of fused-ring (bicyclic) bond motifs is 2. The fraction of sp³-hybridized carbons (Fsp3) is 0.625. The van der Waals surface area contributed by atoms with Crippen LogP contribution in [-0.2, 0) is 6.42 Å². The Balaban J connectivity index is 1.59. The lowest BCUT2D eigenvalue weighted by Crippen LogP contribution is -2.28. The van der Waals surface area contributed by atoms with Crippen molar-refractivity contribution in [3.05, 3.63) is 34.9 Å². The Hall–Kier alpha value is -0.860. The SMILES string of the molecule is Cc1ccc2c(c1)C(N1C[C@H]3CNC[C@H]3C1)CC2. The van der Waals surface area contributed by atoms with Crippen LogP contribution in [-0.4, -0.2) is 31.1 Å². The molecule has 0 aromatic heterocycles. The maximum Gasteiger partial charge on any atom is 0.0354 e. The minimum atomic E-state index is 0.713. The molecule has 18 heavy (non-hydrogen) atoms. The van der Waals surface area contributed by atoms with Crippen molar-refractivity contribution in [3.63, 3.8) is 0 Å². The summed E-state index contributed by atoms with van der Waals surface area (Å²) in [7, 11) is 0.